The van der Waals surface area contributed by atoms with E-state index in [0.717, 1.165) is 26.2 Å². The van der Waals surface area contributed by atoms with Crippen LogP contribution < -0.4 is 5.32 Å². The van der Waals surface area contributed by atoms with Crippen molar-refractivity contribution >= 4 is 0 Å². The summed E-state index contributed by atoms with van der Waals surface area (Å²) in [4.78, 5) is 9.69. The molecule has 84 valence electrons. The van der Waals surface area contributed by atoms with Crippen LogP contribution in [0, 0.1) is 0 Å². The van der Waals surface area contributed by atoms with Crippen LogP contribution >= 0.6 is 0 Å². The van der Waals surface area contributed by atoms with Gasteiger partial charge >= 0.3 is 0 Å². The number of hydrogen-bond donors (Lipinski definition) is 2. The minimum absolute atomic E-state index is 0.673. The van der Waals surface area contributed by atoms with Gasteiger partial charge in [-0.25, -0.2) is 4.98 Å². The highest BCUT2D eigenvalue weighted by molar-refractivity contribution is 4.95. The number of H-pyrrole nitrogens is 1. The largest absolute Gasteiger partial charge is 0.347 e. The first-order chi connectivity index (χ1) is 7.38. The van der Waals surface area contributed by atoms with Crippen LogP contribution in [0.3, 0.4) is 0 Å². The smallest absolute Gasteiger partial charge is 0.0922 e. The molecule has 0 spiro atoms. The third-order valence-electron chi connectivity index (χ3n) is 2.93. The Balaban J connectivity index is 1.82. The summed E-state index contributed by atoms with van der Waals surface area (Å²) in [6.07, 6.45) is 6.20. The molecule has 2 N–H and O–H groups in total. The minimum atomic E-state index is 0.673. The molecule has 0 amide bonds. The molecule has 0 saturated carbocycles. The number of aromatic amines is 1. The van der Waals surface area contributed by atoms with Crippen LogP contribution in [-0.4, -0.2) is 40.5 Å². The van der Waals surface area contributed by atoms with Crippen LogP contribution in [0.5, 0.6) is 0 Å². The van der Waals surface area contributed by atoms with E-state index in [1.807, 2.05) is 6.20 Å². The first kappa shape index (κ1) is 10.6. The van der Waals surface area contributed by atoms with E-state index in [-0.39, 0.29) is 0 Å². The number of rotatable bonds is 4. The standard InChI is InChI=1S/C11H20N4/c1-2-3-10-7-15(5-4-13-10)8-11-6-12-9-14-11/h6,9-10,13H,2-5,7-8H2,1H3,(H,12,14). The summed E-state index contributed by atoms with van der Waals surface area (Å²) in [7, 11) is 0. The molecular formula is C11H20N4. The van der Waals surface area contributed by atoms with Crippen molar-refractivity contribution < 1.29 is 0 Å². The van der Waals surface area contributed by atoms with Gasteiger partial charge in [-0.1, -0.05) is 13.3 Å². The van der Waals surface area contributed by atoms with Gasteiger partial charge in [-0.3, -0.25) is 4.90 Å². The quantitative estimate of drug-likeness (QED) is 0.775. The lowest BCUT2D eigenvalue weighted by Gasteiger charge is -2.33. The summed E-state index contributed by atoms with van der Waals surface area (Å²) in [6, 6.07) is 0.673. The van der Waals surface area contributed by atoms with Crippen LogP contribution in [0.1, 0.15) is 25.5 Å². The van der Waals surface area contributed by atoms with Gasteiger partial charge in [-0.15, -0.1) is 0 Å². The lowest BCUT2D eigenvalue weighted by molar-refractivity contribution is 0.185. The van der Waals surface area contributed by atoms with E-state index in [1.54, 1.807) is 6.33 Å². The van der Waals surface area contributed by atoms with Crippen molar-refractivity contribution in [1.29, 1.82) is 0 Å². The van der Waals surface area contributed by atoms with E-state index >= 15 is 0 Å². The Bertz CT molecular complexity index is 268. The molecule has 1 atom stereocenters. The fraction of sp³-hybridized carbons (Fsp3) is 0.727. The van der Waals surface area contributed by atoms with Gasteiger partial charge in [0.25, 0.3) is 0 Å². The zero-order chi connectivity index (χ0) is 10.5. The fourth-order valence-electron chi connectivity index (χ4n) is 2.19. The van der Waals surface area contributed by atoms with E-state index in [4.69, 9.17) is 0 Å². The van der Waals surface area contributed by atoms with Gasteiger partial charge in [0.15, 0.2) is 0 Å². The summed E-state index contributed by atoms with van der Waals surface area (Å²) in [5.41, 5.74) is 1.21. The highest BCUT2D eigenvalue weighted by Gasteiger charge is 2.18. The Morgan fingerprint density at radius 2 is 2.53 bits per heavy atom. The van der Waals surface area contributed by atoms with Gasteiger partial charge in [0.1, 0.15) is 0 Å². The van der Waals surface area contributed by atoms with Crippen LogP contribution in [0.2, 0.25) is 0 Å². The van der Waals surface area contributed by atoms with Gasteiger partial charge in [-0.2, -0.15) is 0 Å². The van der Waals surface area contributed by atoms with Gasteiger partial charge in [-0.05, 0) is 6.42 Å². The zero-order valence-corrected chi connectivity index (χ0v) is 9.37. The van der Waals surface area contributed by atoms with E-state index < -0.39 is 0 Å². The lowest BCUT2D eigenvalue weighted by Crippen LogP contribution is -2.50. The van der Waals surface area contributed by atoms with Crippen molar-refractivity contribution in [1.82, 2.24) is 20.2 Å². The summed E-state index contributed by atoms with van der Waals surface area (Å²) in [5, 5.41) is 3.56. The normalized spacial score (nSPS) is 23.1. The maximum absolute atomic E-state index is 4.05. The number of hydrogen-bond acceptors (Lipinski definition) is 3. The maximum Gasteiger partial charge on any atom is 0.0922 e. The molecule has 2 rings (SSSR count). The molecule has 1 aliphatic rings. The average molecular weight is 208 g/mol. The number of nitrogens with one attached hydrogen (secondary N) is 2. The minimum Gasteiger partial charge on any atom is -0.347 e. The zero-order valence-electron chi connectivity index (χ0n) is 9.37. The lowest BCUT2D eigenvalue weighted by atomic mass is 10.1. The second-order valence-corrected chi connectivity index (χ2v) is 4.25. The van der Waals surface area contributed by atoms with E-state index in [2.05, 4.69) is 27.1 Å². The summed E-state index contributed by atoms with van der Waals surface area (Å²) in [5.74, 6) is 0. The van der Waals surface area contributed by atoms with Crippen molar-refractivity contribution in [3.63, 3.8) is 0 Å². The molecular weight excluding hydrogens is 188 g/mol. The number of aromatic nitrogens is 2. The Labute approximate surface area is 91.1 Å². The van der Waals surface area contributed by atoms with Gasteiger partial charge in [0.2, 0.25) is 0 Å². The molecule has 1 aliphatic heterocycles. The molecule has 0 aromatic carbocycles. The van der Waals surface area contributed by atoms with Crippen molar-refractivity contribution in [2.24, 2.45) is 0 Å². The number of nitrogens with zero attached hydrogens (tertiary/aromatic N) is 2. The molecule has 0 bridgehead atoms. The number of imidazole rings is 1. The van der Waals surface area contributed by atoms with Crippen LogP contribution in [0.15, 0.2) is 12.5 Å². The topological polar surface area (TPSA) is 44.0 Å². The van der Waals surface area contributed by atoms with Gasteiger partial charge < -0.3 is 10.3 Å². The monoisotopic (exact) mass is 208 g/mol. The third kappa shape index (κ3) is 3.04. The first-order valence-electron chi connectivity index (χ1n) is 5.81. The highest BCUT2D eigenvalue weighted by Crippen LogP contribution is 2.07. The van der Waals surface area contributed by atoms with Crippen LogP contribution in [-0.2, 0) is 6.54 Å². The van der Waals surface area contributed by atoms with Crippen molar-refractivity contribution in [3.8, 4) is 0 Å². The first-order valence-corrected chi connectivity index (χ1v) is 5.81. The van der Waals surface area contributed by atoms with Crippen LogP contribution in [0.4, 0.5) is 0 Å². The van der Waals surface area contributed by atoms with Crippen molar-refractivity contribution in [3.05, 3.63) is 18.2 Å². The fourth-order valence-corrected chi connectivity index (χ4v) is 2.19. The van der Waals surface area contributed by atoms with Crippen LogP contribution in [0.25, 0.3) is 0 Å². The summed E-state index contributed by atoms with van der Waals surface area (Å²) in [6.45, 7) is 6.66. The predicted octanol–water partition coefficient (Wildman–Crippen LogP) is 0.984. The molecule has 0 radical (unpaired) electrons. The van der Waals surface area contributed by atoms with Gasteiger partial charge in [0.05, 0.1) is 6.33 Å². The molecule has 4 heteroatoms. The Morgan fingerprint density at radius 3 is 3.27 bits per heavy atom. The summed E-state index contributed by atoms with van der Waals surface area (Å²) < 4.78 is 0. The highest BCUT2D eigenvalue weighted by atomic mass is 15.2. The number of piperazine rings is 1. The van der Waals surface area contributed by atoms with Crippen molar-refractivity contribution in [2.75, 3.05) is 19.6 Å². The predicted molar refractivity (Wildman–Crippen MR) is 60.6 cm³/mol. The molecule has 1 fully saturated rings. The molecule has 2 heterocycles. The van der Waals surface area contributed by atoms with E-state index in [1.165, 1.54) is 18.5 Å². The maximum atomic E-state index is 4.05. The molecule has 1 aromatic heterocycles. The Kier molecular flexibility index (Phi) is 3.75. The SMILES string of the molecule is CCCC1CN(Cc2cnc[nH]2)CCN1. The molecule has 1 aromatic rings. The third-order valence-corrected chi connectivity index (χ3v) is 2.93. The molecule has 4 nitrogen and oxygen atoms in total. The van der Waals surface area contributed by atoms with Gasteiger partial charge in [0, 0.05) is 44.1 Å². The molecule has 1 saturated heterocycles. The molecule has 1 unspecified atom stereocenters. The van der Waals surface area contributed by atoms with E-state index in [0.29, 0.717) is 6.04 Å². The van der Waals surface area contributed by atoms with Crippen molar-refractivity contribution in [2.45, 2.75) is 32.4 Å². The molecule has 0 aliphatic carbocycles. The molecule has 15 heavy (non-hydrogen) atoms. The summed E-state index contributed by atoms with van der Waals surface area (Å²) >= 11 is 0. The Morgan fingerprint density at radius 1 is 1.60 bits per heavy atom. The Hall–Kier alpha value is -0.870. The second-order valence-electron chi connectivity index (χ2n) is 4.25. The average Bonchev–Trinajstić information content (AvgIpc) is 2.71. The van der Waals surface area contributed by atoms with E-state index in [9.17, 15) is 0 Å². The second kappa shape index (κ2) is 5.28.